The first-order chi connectivity index (χ1) is 5.90. The van der Waals surface area contributed by atoms with Crippen molar-refractivity contribution in [3.63, 3.8) is 0 Å². The summed E-state index contributed by atoms with van der Waals surface area (Å²) >= 11 is 0. The summed E-state index contributed by atoms with van der Waals surface area (Å²) in [7, 11) is 6.50. The third kappa shape index (κ3) is 3.18. The van der Waals surface area contributed by atoms with E-state index >= 15 is 0 Å². The van der Waals surface area contributed by atoms with E-state index in [0.29, 0.717) is 0 Å². The van der Waals surface area contributed by atoms with Crippen molar-refractivity contribution in [2.45, 2.75) is 60.2 Å². The summed E-state index contributed by atoms with van der Waals surface area (Å²) in [6.07, 6.45) is 0.971. The fourth-order valence-electron chi connectivity index (χ4n) is 1.89. The van der Waals surface area contributed by atoms with Gasteiger partial charge in [-0.2, -0.15) is 0 Å². The molecule has 0 saturated heterocycles. The predicted octanol–water partition coefficient (Wildman–Crippen LogP) is 4.37. The number of hydrogen-bond acceptors (Lipinski definition) is 0. The van der Waals surface area contributed by atoms with Gasteiger partial charge in [0.15, 0.2) is 0 Å². The zero-order valence-corrected chi connectivity index (χ0v) is 11.0. The van der Waals surface area contributed by atoms with Crippen molar-refractivity contribution in [2.24, 2.45) is 10.8 Å². The Bertz CT molecular complexity index is 214. The Morgan fingerprint density at radius 2 is 1.43 bits per heavy atom. The summed E-state index contributed by atoms with van der Waals surface area (Å²) in [5, 5.41) is -0.273. The van der Waals surface area contributed by atoms with Crippen molar-refractivity contribution >= 4 is 7.85 Å². The van der Waals surface area contributed by atoms with E-state index in [1.54, 1.807) is 0 Å². The monoisotopic (exact) mass is 192 g/mol. The zero-order chi connectivity index (χ0) is 11.8. The fourth-order valence-corrected chi connectivity index (χ4v) is 1.89. The molecule has 80 valence electrons. The molecule has 0 heterocycles. The van der Waals surface area contributed by atoms with Crippen LogP contribution < -0.4 is 0 Å². The molecule has 0 aromatic carbocycles. The maximum atomic E-state index is 6.50. The lowest BCUT2D eigenvalue weighted by molar-refractivity contribution is 0.213. The average Bonchev–Trinajstić information content (AvgIpc) is 1.79. The van der Waals surface area contributed by atoms with Crippen LogP contribution in [0.1, 0.15) is 54.9 Å². The highest BCUT2D eigenvalue weighted by Crippen LogP contribution is 2.54. The van der Waals surface area contributed by atoms with Crippen LogP contribution in [0, 0.1) is 10.8 Å². The molecule has 2 radical (unpaired) electrons. The minimum absolute atomic E-state index is 0.0616. The SMILES string of the molecule is [B]C(CC(C)(C)C)(C(=C)C)C(C)(C)C. The molecule has 0 nitrogen and oxygen atoms in total. The Hall–Kier alpha value is -0.195. The van der Waals surface area contributed by atoms with Crippen LogP contribution in [0.2, 0.25) is 5.31 Å². The van der Waals surface area contributed by atoms with Gasteiger partial charge in [-0.3, -0.25) is 0 Å². The average molecular weight is 192 g/mol. The van der Waals surface area contributed by atoms with Crippen molar-refractivity contribution in [2.75, 3.05) is 0 Å². The smallest absolute Gasteiger partial charge is 0.0813 e. The molecule has 0 rings (SSSR count). The summed E-state index contributed by atoms with van der Waals surface area (Å²) in [4.78, 5) is 0. The van der Waals surface area contributed by atoms with Crippen molar-refractivity contribution in [3.05, 3.63) is 12.2 Å². The number of allylic oxidation sites excluding steroid dienone is 1. The van der Waals surface area contributed by atoms with Crippen LogP contribution in [0.3, 0.4) is 0 Å². The fraction of sp³-hybridized carbons (Fsp3) is 0.846. The highest BCUT2D eigenvalue weighted by Gasteiger charge is 2.40. The predicted molar refractivity (Wildman–Crippen MR) is 66.8 cm³/mol. The molecule has 0 aliphatic rings. The number of rotatable bonds is 2. The number of hydrogen-bond donors (Lipinski definition) is 0. The van der Waals surface area contributed by atoms with E-state index in [1.165, 1.54) is 0 Å². The lowest BCUT2D eigenvalue weighted by Gasteiger charge is -2.47. The Kier molecular flexibility index (Phi) is 3.70. The second-order valence-corrected chi connectivity index (χ2v) is 6.74. The van der Waals surface area contributed by atoms with Gasteiger partial charge in [0, 0.05) is 0 Å². The van der Waals surface area contributed by atoms with Crippen LogP contribution >= 0.6 is 0 Å². The molecule has 1 atom stereocenters. The Morgan fingerprint density at radius 3 is 1.50 bits per heavy atom. The van der Waals surface area contributed by atoms with E-state index in [0.717, 1.165) is 12.0 Å². The van der Waals surface area contributed by atoms with Gasteiger partial charge in [-0.05, 0) is 29.5 Å². The first-order valence-corrected chi connectivity index (χ1v) is 5.35. The molecular weight excluding hydrogens is 167 g/mol. The molecule has 0 N–H and O–H groups in total. The van der Waals surface area contributed by atoms with E-state index < -0.39 is 0 Å². The van der Waals surface area contributed by atoms with Gasteiger partial charge in [-0.1, -0.05) is 47.1 Å². The van der Waals surface area contributed by atoms with E-state index in [-0.39, 0.29) is 16.1 Å². The standard InChI is InChI=1S/C13H25B/c1-10(2)13(14,12(6,7)8)9-11(3,4)5/h1,9H2,2-8H3. The molecule has 14 heavy (non-hydrogen) atoms. The first-order valence-electron chi connectivity index (χ1n) is 5.35. The minimum Gasteiger partial charge on any atom is -0.100 e. The van der Waals surface area contributed by atoms with Crippen LogP contribution in [-0.2, 0) is 0 Å². The van der Waals surface area contributed by atoms with Gasteiger partial charge in [0.25, 0.3) is 0 Å². The van der Waals surface area contributed by atoms with Crippen molar-refractivity contribution in [3.8, 4) is 0 Å². The quantitative estimate of drug-likeness (QED) is 0.450. The van der Waals surface area contributed by atoms with Crippen molar-refractivity contribution in [1.29, 1.82) is 0 Å². The molecular formula is C13H25B. The van der Waals surface area contributed by atoms with Crippen molar-refractivity contribution in [1.82, 2.24) is 0 Å². The van der Waals surface area contributed by atoms with Gasteiger partial charge < -0.3 is 0 Å². The van der Waals surface area contributed by atoms with Crippen LogP contribution in [0.15, 0.2) is 12.2 Å². The molecule has 0 aliphatic carbocycles. The molecule has 0 amide bonds. The second kappa shape index (κ2) is 3.75. The lowest BCUT2D eigenvalue weighted by Crippen LogP contribution is -2.34. The molecule has 0 spiro atoms. The van der Waals surface area contributed by atoms with Gasteiger partial charge >= 0.3 is 0 Å². The maximum Gasteiger partial charge on any atom is 0.0813 e. The zero-order valence-electron chi connectivity index (χ0n) is 11.0. The summed E-state index contributed by atoms with van der Waals surface area (Å²) in [5.41, 5.74) is 1.38. The van der Waals surface area contributed by atoms with E-state index in [4.69, 9.17) is 7.85 Å². The first kappa shape index (κ1) is 13.8. The Labute approximate surface area is 91.6 Å². The summed E-state index contributed by atoms with van der Waals surface area (Å²) in [6, 6.07) is 0. The van der Waals surface area contributed by atoms with Crippen LogP contribution in [0.5, 0.6) is 0 Å². The Balaban J connectivity index is 5.04. The van der Waals surface area contributed by atoms with Gasteiger partial charge in [0.2, 0.25) is 0 Å². The third-order valence-electron chi connectivity index (χ3n) is 2.91. The summed E-state index contributed by atoms with van der Waals surface area (Å²) < 4.78 is 0. The molecule has 1 heteroatoms. The van der Waals surface area contributed by atoms with Gasteiger partial charge in [0.05, 0.1) is 7.85 Å². The van der Waals surface area contributed by atoms with Crippen LogP contribution in [0.4, 0.5) is 0 Å². The maximum absolute atomic E-state index is 6.50. The van der Waals surface area contributed by atoms with Crippen molar-refractivity contribution < 1.29 is 0 Å². The highest BCUT2D eigenvalue weighted by atomic mass is 14.4. The van der Waals surface area contributed by atoms with Crippen LogP contribution in [0.25, 0.3) is 0 Å². The molecule has 1 unspecified atom stereocenters. The molecule has 0 aromatic heterocycles. The molecule has 0 saturated carbocycles. The molecule has 0 aromatic rings. The Morgan fingerprint density at radius 1 is 1.07 bits per heavy atom. The highest BCUT2D eigenvalue weighted by molar-refractivity contribution is 6.18. The second-order valence-electron chi connectivity index (χ2n) is 6.74. The lowest BCUT2D eigenvalue weighted by atomic mass is 9.47. The van der Waals surface area contributed by atoms with Gasteiger partial charge in [-0.15, -0.1) is 6.58 Å². The minimum atomic E-state index is -0.273. The molecule has 0 fully saturated rings. The summed E-state index contributed by atoms with van der Waals surface area (Å²) in [6.45, 7) is 19.3. The topological polar surface area (TPSA) is 0 Å². The van der Waals surface area contributed by atoms with E-state index in [9.17, 15) is 0 Å². The van der Waals surface area contributed by atoms with Gasteiger partial charge in [0.1, 0.15) is 0 Å². The third-order valence-corrected chi connectivity index (χ3v) is 2.91. The van der Waals surface area contributed by atoms with Crippen LogP contribution in [-0.4, -0.2) is 7.85 Å². The normalized spacial score (nSPS) is 17.6. The van der Waals surface area contributed by atoms with Gasteiger partial charge in [-0.25, -0.2) is 0 Å². The van der Waals surface area contributed by atoms with E-state index in [2.05, 4.69) is 48.1 Å². The largest absolute Gasteiger partial charge is 0.100 e. The molecule has 0 aliphatic heterocycles. The molecule has 0 bridgehead atoms. The van der Waals surface area contributed by atoms with E-state index in [1.807, 2.05) is 6.92 Å². The summed E-state index contributed by atoms with van der Waals surface area (Å²) in [5.74, 6) is 0.